The van der Waals surface area contributed by atoms with Gasteiger partial charge in [0.05, 0.1) is 6.33 Å². The molecule has 1 aromatic carbocycles. The van der Waals surface area contributed by atoms with Crippen LogP contribution in [0.25, 0.3) is 11.2 Å². The predicted molar refractivity (Wildman–Crippen MR) is 79.2 cm³/mol. The Morgan fingerprint density at radius 3 is 2.61 bits per heavy atom. The molecule has 0 spiro atoms. The lowest BCUT2D eigenvalue weighted by molar-refractivity contribution is 0.0412. The quantitative estimate of drug-likeness (QED) is 0.677. The minimum atomic E-state index is -1.02. The van der Waals surface area contributed by atoms with Crippen LogP contribution in [0.3, 0.4) is 0 Å². The van der Waals surface area contributed by atoms with Gasteiger partial charge in [0.25, 0.3) is 0 Å². The first kappa shape index (κ1) is 14.6. The number of rotatable bonds is 2. The van der Waals surface area contributed by atoms with Crippen molar-refractivity contribution in [1.29, 1.82) is 0 Å². The van der Waals surface area contributed by atoms with Gasteiger partial charge in [-0.3, -0.25) is 9.36 Å². The number of imidazole rings is 1. The number of fused-ring (bicyclic) bond motifs is 1. The fraction of sp³-hybridized carbons (Fsp3) is 0.143. The smallest absolute Gasteiger partial charge is 0.367 e. The molecule has 9 heteroatoms. The third-order valence-corrected chi connectivity index (χ3v) is 3.38. The Balaban J connectivity index is 2.16. The monoisotopic (exact) mass is 316 g/mol. The Bertz CT molecular complexity index is 1040. The molecule has 0 unspecified atom stereocenters. The first-order chi connectivity index (χ1) is 10.9. The summed E-state index contributed by atoms with van der Waals surface area (Å²) in [7, 11) is 2.98. The molecule has 9 nitrogen and oxygen atoms in total. The van der Waals surface area contributed by atoms with Gasteiger partial charge in [-0.1, -0.05) is 16.9 Å². The number of aromatic hydroxyl groups is 1. The van der Waals surface area contributed by atoms with Gasteiger partial charge in [0.1, 0.15) is 11.3 Å². The third kappa shape index (κ3) is 2.18. The fourth-order valence-corrected chi connectivity index (χ4v) is 2.18. The first-order valence-corrected chi connectivity index (χ1v) is 6.55. The van der Waals surface area contributed by atoms with Gasteiger partial charge in [0, 0.05) is 14.1 Å². The molecule has 0 fully saturated rings. The minimum absolute atomic E-state index is 0.109. The Morgan fingerprint density at radius 1 is 1.22 bits per heavy atom. The normalized spacial score (nSPS) is 10.9. The maximum atomic E-state index is 12.4. The van der Waals surface area contributed by atoms with E-state index < -0.39 is 17.2 Å². The maximum Gasteiger partial charge on any atom is 0.367 e. The van der Waals surface area contributed by atoms with Gasteiger partial charge in [0.15, 0.2) is 11.2 Å². The van der Waals surface area contributed by atoms with Crippen LogP contribution in [-0.2, 0) is 14.1 Å². The zero-order chi connectivity index (χ0) is 16.7. The number of aromatic nitrogens is 4. The molecule has 0 aliphatic rings. The number of nitrogens with zero attached hydrogens (tertiary/aromatic N) is 4. The Labute approximate surface area is 128 Å². The highest BCUT2D eigenvalue weighted by Gasteiger charge is 2.20. The van der Waals surface area contributed by atoms with Crippen molar-refractivity contribution >= 4 is 17.1 Å². The Morgan fingerprint density at radius 2 is 1.91 bits per heavy atom. The van der Waals surface area contributed by atoms with Crippen LogP contribution in [0.5, 0.6) is 5.75 Å². The number of carbonyl (C=O) groups is 1. The van der Waals surface area contributed by atoms with Crippen molar-refractivity contribution in [2.24, 2.45) is 14.1 Å². The maximum absolute atomic E-state index is 12.4. The van der Waals surface area contributed by atoms with Gasteiger partial charge in [-0.15, -0.1) is 0 Å². The van der Waals surface area contributed by atoms with Gasteiger partial charge in [0.2, 0.25) is 0 Å². The van der Waals surface area contributed by atoms with Crippen LogP contribution in [-0.4, -0.2) is 29.9 Å². The molecule has 2 heterocycles. The molecule has 0 aliphatic carbocycles. The molecule has 0 atom stereocenters. The molecule has 2 aromatic heterocycles. The van der Waals surface area contributed by atoms with E-state index in [9.17, 15) is 19.5 Å². The largest absolute Gasteiger partial charge is 0.507 e. The number of hydrogen-bond donors (Lipinski definition) is 1. The van der Waals surface area contributed by atoms with E-state index in [4.69, 9.17) is 4.84 Å². The van der Waals surface area contributed by atoms with Gasteiger partial charge in [-0.25, -0.2) is 14.6 Å². The van der Waals surface area contributed by atoms with Crippen LogP contribution < -0.4 is 16.1 Å². The second-order valence-corrected chi connectivity index (χ2v) is 4.86. The highest BCUT2D eigenvalue weighted by atomic mass is 16.7. The van der Waals surface area contributed by atoms with Gasteiger partial charge < -0.3 is 14.5 Å². The van der Waals surface area contributed by atoms with Gasteiger partial charge in [-0.05, 0) is 12.1 Å². The summed E-state index contributed by atoms with van der Waals surface area (Å²) >= 11 is 0. The first-order valence-electron chi connectivity index (χ1n) is 6.55. The Kier molecular flexibility index (Phi) is 3.25. The molecule has 0 saturated carbocycles. The summed E-state index contributed by atoms with van der Waals surface area (Å²) in [5, 5.41) is 9.65. The molecule has 0 radical (unpaired) electrons. The van der Waals surface area contributed by atoms with E-state index >= 15 is 0 Å². The predicted octanol–water partition coefficient (Wildman–Crippen LogP) is -0.592. The van der Waals surface area contributed by atoms with Gasteiger partial charge >= 0.3 is 17.2 Å². The summed E-state index contributed by atoms with van der Waals surface area (Å²) in [6.07, 6.45) is 1.38. The molecular formula is C14H12N4O5. The zero-order valence-corrected chi connectivity index (χ0v) is 12.3. The SMILES string of the molecule is Cn1cnc2c1c(=O)n(OC(=O)c1ccccc1O)c(=O)n2C. The third-order valence-electron chi connectivity index (χ3n) is 3.38. The van der Waals surface area contributed by atoms with Crippen LogP contribution in [0.2, 0.25) is 0 Å². The van der Waals surface area contributed by atoms with Crippen molar-refractivity contribution < 1.29 is 14.7 Å². The van der Waals surface area contributed by atoms with Crippen LogP contribution in [0.1, 0.15) is 10.4 Å². The summed E-state index contributed by atoms with van der Waals surface area (Å²) in [5.74, 6) is -1.34. The van der Waals surface area contributed by atoms with E-state index in [1.165, 1.54) is 42.2 Å². The summed E-state index contributed by atoms with van der Waals surface area (Å²) in [6, 6.07) is 5.65. The summed E-state index contributed by atoms with van der Waals surface area (Å²) in [5.41, 5.74) is -1.54. The van der Waals surface area contributed by atoms with Crippen molar-refractivity contribution in [3.8, 4) is 5.75 Å². The molecule has 23 heavy (non-hydrogen) atoms. The second-order valence-electron chi connectivity index (χ2n) is 4.86. The summed E-state index contributed by atoms with van der Waals surface area (Å²) in [4.78, 5) is 45.5. The highest BCUT2D eigenvalue weighted by Crippen LogP contribution is 2.15. The highest BCUT2D eigenvalue weighted by molar-refractivity contribution is 5.92. The van der Waals surface area contributed by atoms with Crippen molar-refractivity contribution in [3.63, 3.8) is 0 Å². The standard InChI is InChI=1S/C14H12N4O5/c1-16-7-15-11-10(16)12(20)18(14(22)17(11)2)23-13(21)8-5-3-4-6-9(8)19/h3-7,19H,1-2H3. The lowest BCUT2D eigenvalue weighted by Gasteiger charge is -2.09. The van der Waals surface area contributed by atoms with Crippen molar-refractivity contribution in [2.75, 3.05) is 0 Å². The van der Waals surface area contributed by atoms with Gasteiger partial charge in [-0.2, -0.15) is 0 Å². The number of benzene rings is 1. The van der Waals surface area contributed by atoms with Crippen LogP contribution in [0.15, 0.2) is 40.2 Å². The zero-order valence-electron chi connectivity index (χ0n) is 12.3. The number of phenols is 1. The number of phenolic OH excluding ortho intramolecular Hbond substituents is 1. The number of aryl methyl sites for hydroxylation is 2. The summed E-state index contributed by atoms with van der Waals surface area (Å²) in [6.45, 7) is 0. The minimum Gasteiger partial charge on any atom is -0.507 e. The van der Waals surface area contributed by atoms with Crippen LogP contribution >= 0.6 is 0 Å². The fourth-order valence-electron chi connectivity index (χ4n) is 2.18. The van der Waals surface area contributed by atoms with Crippen molar-refractivity contribution in [1.82, 2.24) is 18.8 Å². The average Bonchev–Trinajstić information content (AvgIpc) is 2.91. The molecule has 0 bridgehead atoms. The molecule has 0 amide bonds. The van der Waals surface area contributed by atoms with Crippen LogP contribution in [0.4, 0.5) is 0 Å². The molecule has 3 aromatic rings. The molecule has 0 saturated heterocycles. The summed E-state index contributed by atoms with van der Waals surface area (Å²) < 4.78 is 2.86. The van der Waals surface area contributed by atoms with E-state index in [2.05, 4.69) is 4.98 Å². The number of carbonyl (C=O) groups excluding carboxylic acids is 1. The van der Waals surface area contributed by atoms with E-state index in [-0.39, 0.29) is 22.5 Å². The van der Waals surface area contributed by atoms with Crippen molar-refractivity contribution in [3.05, 3.63) is 57.0 Å². The molecule has 0 aliphatic heterocycles. The van der Waals surface area contributed by atoms with E-state index in [0.717, 1.165) is 4.57 Å². The lowest BCUT2D eigenvalue weighted by Crippen LogP contribution is -2.45. The second kappa shape index (κ2) is 5.13. The van der Waals surface area contributed by atoms with E-state index in [1.54, 1.807) is 7.05 Å². The number of para-hydroxylation sites is 1. The molecular weight excluding hydrogens is 304 g/mol. The Hall–Kier alpha value is -3.36. The number of hydrogen-bond acceptors (Lipinski definition) is 6. The topological polar surface area (TPSA) is 108 Å². The molecule has 1 N–H and O–H groups in total. The van der Waals surface area contributed by atoms with Crippen LogP contribution in [0, 0.1) is 0 Å². The molecule has 3 rings (SSSR count). The van der Waals surface area contributed by atoms with Crippen molar-refractivity contribution in [2.45, 2.75) is 0 Å². The van der Waals surface area contributed by atoms with E-state index in [1.807, 2.05) is 0 Å². The molecule has 118 valence electrons. The van der Waals surface area contributed by atoms with E-state index in [0.29, 0.717) is 4.73 Å². The lowest BCUT2D eigenvalue weighted by atomic mass is 10.2. The average molecular weight is 316 g/mol.